The smallest absolute Gasteiger partial charge is 0.255 e. The molecule has 1 aromatic rings. The maximum Gasteiger partial charge on any atom is 0.255 e. The van der Waals surface area contributed by atoms with E-state index in [0.29, 0.717) is 37.3 Å². The second-order valence-electron chi connectivity index (χ2n) is 6.61. The van der Waals surface area contributed by atoms with Crippen molar-refractivity contribution in [3.05, 3.63) is 29.6 Å². The molecule has 3 rings (SSSR count). The lowest BCUT2D eigenvalue weighted by atomic mass is 10.1. The summed E-state index contributed by atoms with van der Waals surface area (Å²) in [5.74, 6) is -0.157. The predicted octanol–water partition coefficient (Wildman–Crippen LogP) is 1.01. The fraction of sp³-hybridized carbons (Fsp3) is 0.556. The number of carbonyl (C=O) groups is 3. The number of piperidine rings is 1. The molecule has 7 nitrogen and oxygen atoms in total. The van der Waals surface area contributed by atoms with Crippen LogP contribution in [0.3, 0.4) is 0 Å². The van der Waals surface area contributed by atoms with E-state index >= 15 is 0 Å². The van der Waals surface area contributed by atoms with Gasteiger partial charge in [0.2, 0.25) is 5.91 Å². The van der Waals surface area contributed by atoms with Gasteiger partial charge < -0.3 is 14.7 Å². The van der Waals surface area contributed by atoms with Gasteiger partial charge in [-0.15, -0.1) is 0 Å². The van der Waals surface area contributed by atoms with Crippen LogP contribution in [0, 0.1) is 0 Å². The van der Waals surface area contributed by atoms with Gasteiger partial charge in [0, 0.05) is 58.6 Å². The van der Waals surface area contributed by atoms with E-state index in [4.69, 9.17) is 0 Å². The molecule has 25 heavy (non-hydrogen) atoms. The Kier molecular flexibility index (Phi) is 5.31. The quantitative estimate of drug-likeness (QED) is 0.803. The topological polar surface area (TPSA) is 73.8 Å². The average molecular weight is 344 g/mol. The van der Waals surface area contributed by atoms with Crippen LogP contribution < -0.4 is 0 Å². The first-order valence-electron chi connectivity index (χ1n) is 8.85. The molecule has 2 fully saturated rings. The molecule has 1 aromatic heterocycles. The van der Waals surface area contributed by atoms with Gasteiger partial charge in [0.25, 0.3) is 11.8 Å². The van der Waals surface area contributed by atoms with Gasteiger partial charge in [0.15, 0.2) is 0 Å². The summed E-state index contributed by atoms with van der Waals surface area (Å²) in [6, 6.07) is 1.64. The van der Waals surface area contributed by atoms with E-state index in [-0.39, 0.29) is 17.7 Å². The number of piperazine rings is 1. The fourth-order valence-electron chi connectivity index (χ4n) is 3.36. The van der Waals surface area contributed by atoms with Gasteiger partial charge in [-0.1, -0.05) is 0 Å². The SMILES string of the molecule is CC(=O)N1CCN(C(=O)c2cncc(C(=O)N3CCCCC3)c2)CC1. The summed E-state index contributed by atoms with van der Waals surface area (Å²) in [6.45, 7) is 5.17. The van der Waals surface area contributed by atoms with Gasteiger partial charge >= 0.3 is 0 Å². The molecule has 0 saturated carbocycles. The van der Waals surface area contributed by atoms with Gasteiger partial charge in [-0.3, -0.25) is 19.4 Å². The van der Waals surface area contributed by atoms with Crippen molar-refractivity contribution >= 4 is 17.7 Å². The Bertz CT molecular complexity index is 662. The van der Waals surface area contributed by atoms with Gasteiger partial charge in [-0.2, -0.15) is 0 Å². The highest BCUT2D eigenvalue weighted by atomic mass is 16.2. The van der Waals surface area contributed by atoms with Crippen LogP contribution in [0.2, 0.25) is 0 Å². The molecule has 2 aliphatic heterocycles. The molecule has 0 atom stereocenters. The Balaban J connectivity index is 1.67. The van der Waals surface area contributed by atoms with E-state index < -0.39 is 0 Å². The minimum Gasteiger partial charge on any atom is -0.339 e. The summed E-state index contributed by atoms with van der Waals surface area (Å²) in [4.78, 5) is 46.0. The first kappa shape index (κ1) is 17.4. The summed E-state index contributed by atoms with van der Waals surface area (Å²) in [6.07, 6.45) is 6.25. The third-order valence-corrected chi connectivity index (χ3v) is 4.89. The monoisotopic (exact) mass is 344 g/mol. The van der Waals surface area contributed by atoms with Gasteiger partial charge in [0.05, 0.1) is 11.1 Å². The normalized spacial score (nSPS) is 18.2. The number of carbonyl (C=O) groups excluding carboxylic acids is 3. The van der Waals surface area contributed by atoms with E-state index in [1.54, 1.807) is 15.9 Å². The van der Waals surface area contributed by atoms with Crippen LogP contribution in [0.4, 0.5) is 0 Å². The molecule has 3 heterocycles. The number of hydrogen-bond acceptors (Lipinski definition) is 4. The number of amides is 3. The molecular weight excluding hydrogens is 320 g/mol. The maximum absolute atomic E-state index is 12.7. The second kappa shape index (κ2) is 7.63. The molecule has 0 radical (unpaired) electrons. The van der Waals surface area contributed by atoms with Crippen LogP contribution in [0.15, 0.2) is 18.5 Å². The van der Waals surface area contributed by atoms with Crippen LogP contribution in [0.1, 0.15) is 46.9 Å². The van der Waals surface area contributed by atoms with Crippen molar-refractivity contribution in [2.75, 3.05) is 39.3 Å². The van der Waals surface area contributed by atoms with Crippen molar-refractivity contribution in [1.29, 1.82) is 0 Å². The summed E-state index contributed by atoms with van der Waals surface area (Å²) in [5, 5.41) is 0. The van der Waals surface area contributed by atoms with E-state index in [9.17, 15) is 14.4 Å². The van der Waals surface area contributed by atoms with Gasteiger partial charge in [-0.05, 0) is 25.3 Å². The van der Waals surface area contributed by atoms with Crippen LogP contribution in [-0.4, -0.2) is 76.7 Å². The molecule has 0 aliphatic carbocycles. The number of hydrogen-bond donors (Lipinski definition) is 0. The largest absolute Gasteiger partial charge is 0.339 e. The number of pyridine rings is 1. The molecule has 2 aliphatic rings. The fourth-order valence-corrected chi connectivity index (χ4v) is 3.36. The van der Waals surface area contributed by atoms with Crippen LogP contribution >= 0.6 is 0 Å². The lowest BCUT2D eigenvalue weighted by Gasteiger charge is -2.34. The number of nitrogens with zero attached hydrogens (tertiary/aromatic N) is 4. The average Bonchev–Trinajstić information content (AvgIpc) is 2.67. The summed E-state index contributed by atoms with van der Waals surface area (Å²) in [5.41, 5.74) is 0.897. The van der Waals surface area contributed by atoms with E-state index in [1.165, 1.54) is 19.3 Å². The Labute approximate surface area is 147 Å². The minimum absolute atomic E-state index is 0.0305. The Morgan fingerprint density at radius 1 is 0.760 bits per heavy atom. The van der Waals surface area contributed by atoms with Crippen molar-refractivity contribution < 1.29 is 14.4 Å². The molecule has 0 bridgehead atoms. The van der Waals surface area contributed by atoms with Crippen LogP contribution in [0.25, 0.3) is 0 Å². The Hall–Kier alpha value is -2.44. The lowest BCUT2D eigenvalue weighted by Crippen LogP contribution is -2.50. The van der Waals surface area contributed by atoms with Crippen LogP contribution in [-0.2, 0) is 4.79 Å². The van der Waals surface area contributed by atoms with E-state index in [2.05, 4.69) is 4.98 Å². The number of aromatic nitrogens is 1. The highest BCUT2D eigenvalue weighted by molar-refractivity contribution is 5.99. The standard InChI is InChI=1S/C18H24N4O3/c1-14(23)20-7-9-22(10-8-20)18(25)16-11-15(12-19-13-16)17(24)21-5-3-2-4-6-21/h11-13H,2-10H2,1H3. The van der Waals surface area contributed by atoms with Crippen molar-refractivity contribution in [1.82, 2.24) is 19.7 Å². The summed E-state index contributed by atoms with van der Waals surface area (Å²) < 4.78 is 0. The summed E-state index contributed by atoms with van der Waals surface area (Å²) >= 11 is 0. The molecule has 0 aromatic carbocycles. The van der Waals surface area contributed by atoms with Crippen molar-refractivity contribution in [2.24, 2.45) is 0 Å². The molecule has 2 saturated heterocycles. The van der Waals surface area contributed by atoms with E-state index in [0.717, 1.165) is 32.4 Å². The van der Waals surface area contributed by atoms with Crippen molar-refractivity contribution in [3.8, 4) is 0 Å². The zero-order valence-corrected chi connectivity index (χ0v) is 14.6. The highest BCUT2D eigenvalue weighted by Crippen LogP contribution is 2.15. The lowest BCUT2D eigenvalue weighted by molar-refractivity contribution is -0.130. The van der Waals surface area contributed by atoms with Gasteiger partial charge in [-0.25, -0.2) is 0 Å². The van der Waals surface area contributed by atoms with Gasteiger partial charge in [0.1, 0.15) is 0 Å². The zero-order valence-electron chi connectivity index (χ0n) is 14.6. The number of rotatable bonds is 2. The minimum atomic E-state index is -0.135. The molecule has 0 N–H and O–H groups in total. The molecule has 0 spiro atoms. The first-order chi connectivity index (χ1) is 12.1. The predicted molar refractivity (Wildman–Crippen MR) is 92.1 cm³/mol. The zero-order chi connectivity index (χ0) is 17.8. The Morgan fingerprint density at radius 2 is 1.24 bits per heavy atom. The second-order valence-corrected chi connectivity index (χ2v) is 6.61. The molecule has 7 heteroatoms. The third-order valence-electron chi connectivity index (χ3n) is 4.89. The number of likely N-dealkylation sites (tertiary alicyclic amines) is 1. The summed E-state index contributed by atoms with van der Waals surface area (Å²) in [7, 11) is 0. The van der Waals surface area contributed by atoms with Crippen molar-refractivity contribution in [3.63, 3.8) is 0 Å². The third kappa shape index (κ3) is 3.97. The molecule has 3 amide bonds. The highest BCUT2D eigenvalue weighted by Gasteiger charge is 2.25. The van der Waals surface area contributed by atoms with Crippen LogP contribution in [0.5, 0.6) is 0 Å². The molecule has 134 valence electrons. The van der Waals surface area contributed by atoms with Crippen molar-refractivity contribution in [2.45, 2.75) is 26.2 Å². The first-order valence-corrected chi connectivity index (χ1v) is 8.85. The molecule has 0 unspecified atom stereocenters. The molecular formula is C18H24N4O3. The maximum atomic E-state index is 12.7. The Morgan fingerprint density at radius 3 is 1.76 bits per heavy atom. The van der Waals surface area contributed by atoms with E-state index in [1.807, 2.05) is 4.90 Å².